The molecule has 2 heterocycles. The van der Waals surface area contributed by atoms with E-state index in [2.05, 4.69) is 15.9 Å². The quantitative estimate of drug-likeness (QED) is 0.170. The van der Waals surface area contributed by atoms with Crippen molar-refractivity contribution >= 4 is 50.2 Å². The first-order valence-electron chi connectivity index (χ1n) is 11.5. The average molecular weight is 560 g/mol. The van der Waals surface area contributed by atoms with Gasteiger partial charge >= 0.3 is 5.97 Å². The number of carbonyl (C=O) groups excluding carboxylic acids is 3. The summed E-state index contributed by atoms with van der Waals surface area (Å²) < 4.78 is 11.9. The van der Waals surface area contributed by atoms with Crippen molar-refractivity contribution in [2.45, 2.75) is 26.8 Å². The second-order valence-electron chi connectivity index (χ2n) is 8.97. The van der Waals surface area contributed by atoms with Crippen LogP contribution >= 0.6 is 15.9 Å². The summed E-state index contributed by atoms with van der Waals surface area (Å²) in [6, 6.07) is 18.1. The summed E-state index contributed by atoms with van der Waals surface area (Å²) in [4.78, 5) is 40.3. The van der Waals surface area contributed by atoms with E-state index in [9.17, 15) is 19.5 Å². The number of Topliss-reactive ketones (excluding diaryl/α,β-unsaturated/α-hetero) is 1. The minimum Gasteiger partial charge on any atom is -0.503 e. The zero-order valence-electron chi connectivity index (χ0n) is 20.2. The number of amides is 1. The lowest BCUT2D eigenvalue weighted by molar-refractivity contribution is -0.131. The number of nitrogens with zero attached hydrogens (tertiary/aromatic N) is 1. The normalized spacial score (nSPS) is 15.5. The Hall–Kier alpha value is -4.17. The Bertz CT molecular complexity index is 1610. The number of furan rings is 1. The molecule has 0 bridgehead atoms. The molecule has 0 radical (unpaired) electrons. The number of carbonyl (C=O) groups is 3. The number of esters is 1. The van der Waals surface area contributed by atoms with Gasteiger partial charge in [-0.15, -0.1) is 0 Å². The number of fused-ring (bicyclic) bond motifs is 1. The van der Waals surface area contributed by atoms with Gasteiger partial charge in [-0.2, -0.15) is 0 Å². The van der Waals surface area contributed by atoms with E-state index in [4.69, 9.17) is 9.15 Å². The molecule has 4 aromatic rings. The van der Waals surface area contributed by atoms with E-state index >= 15 is 0 Å². The lowest BCUT2D eigenvalue weighted by Crippen LogP contribution is -2.31. The zero-order valence-corrected chi connectivity index (χ0v) is 21.8. The van der Waals surface area contributed by atoms with Gasteiger partial charge in [0.05, 0.1) is 11.6 Å². The first-order valence-corrected chi connectivity index (χ1v) is 12.3. The summed E-state index contributed by atoms with van der Waals surface area (Å²) in [5.74, 6) is -2.25. The van der Waals surface area contributed by atoms with Gasteiger partial charge in [0.1, 0.15) is 11.3 Å². The second-order valence-corrected chi connectivity index (χ2v) is 9.89. The van der Waals surface area contributed by atoms with Gasteiger partial charge in [0.15, 0.2) is 11.5 Å². The Morgan fingerprint density at radius 3 is 2.43 bits per heavy atom. The molecule has 8 heteroatoms. The number of aryl methyl sites for hydroxylation is 2. The van der Waals surface area contributed by atoms with Gasteiger partial charge in [0.25, 0.3) is 5.91 Å². The van der Waals surface area contributed by atoms with Crippen molar-refractivity contribution in [3.05, 3.63) is 105 Å². The highest BCUT2D eigenvalue weighted by Crippen LogP contribution is 2.43. The predicted octanol–water partition coefficient (Wildman–Crippen LogP) is 6.52. The van der Waals surface area contributed by atoms with Gasteiger partial charge in [0.2, 0.25) is 5.78 Å². The lowest BCUT2D eigenvalue weighted by atomic mass is 9.94. The van der Waals surface area contributed by atoms with Crippen LogP contribution in [0.25, 0.3) is 11.0 Å². The summed E-state index contributed by atoms with van der Waals surface area (Å²) >= 11 is 3.41. The topological polar surface area (TPSA) is 97.0 Å². The molecule has 186 valence electrons. The number of aliphatic hydroxyl groups is 1. The number of aliphatic hydroxyl groups excluding tert-OH is 1. The average Bonchev–Trinajstić information content (AvgIpc) is 3.36. The van der Waals surface area contributed by atoms with Crippen LogP contribution in [0.3, 0.4) is 0 Å². The van der Waals surface area contributed by atoms with Crippen molar-refractivity contribution in [3.63, 3.8) is 0 Å². The minimum absolute atomic E-state index is 0.00846. The molecule has 0 saturated carbocycles. The van der Waals surface area contributed by atoms with Crippen LogP contribution < -0.4 is 9.64 Å². The molecule has 1 aromatic heterocycles. The van der Waals surface area contributed by atoms with E-state index in [1.807, 2.05) is 38.1 Å². The highest BCUT2D eigenvalue weighted by atomic mass is 79.9. The molecule has 1 aliphatic heterocycles. The molecule has 5 rings (SSSR count). The van der Waals surface area contributed by atoms with Crippen molar-refractivity contribution in [1.82, 2.24) is 0 Å². The third-order valence-corrected chi connectivity index (χ3v) is 6.57. The van der Waals surface area contributed by atoms with Gasteiger partial charge < -0.3 is 14.3 Å². The summed E-state index contributed by atoms with van der Waals surface area (Å²) in [5, 5.41) is 11.8. The molecule has 1 atom stereocenters. The second kappa shape index (κ2) is 9.37. The Balaban J connectivity index is 1.68. The molecule has 0 aliphatic carbocycles. The molecular formula is C29H22BrNO6. The van der Waals surface area contributed by atoms with Crippen molar-refractivity contribution in [3.8, 4) is 5.75 Å². The fraction of sp³-hybridized carbons (Fsp3) is 0.138. The van der Waals surface area contributed by atoms with Gasteiger partial charge in [-0.05, 0) is 79.1 Å². The zero-order chi connectivity index (χ0) is 26.4. The van der Waals surface area contributed by atoms with Crippen LogP contribution in [0.2, 0.25) is 0 Å². The van der Waals surface area contributed by atoms with Crippen molar-refractivity contribution < 1.29 is 28.6 Å². The SMILES string of the molecule is CC(=O)Oc1cccc(C2C(C(=O)c3cc4cc(Br)ccc4o3)=C(O)C(=O)N2c2cc(C)cc(C)c2)c1. The first-order chi connectivity index (χ1) is 17.6. The number of halogens is 1. The van der Waals surface area contributed by atoms with Gasteiger partial charge in [-0.3, -0.25) is 19.3 Å². The third kappa shape index (κ3) is 4.56. The fourth-order valence-corrected chi connectivity index (χ4v) is 5.06. The third-order valence-electron chi connectivity index (χ3n) is 6.07. The molecular weight excluding hydrogens is 538 g/mol. The minimum atomic E-state index is -0.989. The van der Waals surface area contributed by atoms with Crippen molar-refractivity contribution in [2.24, 2.45) is 0 Å². The Kier molecular flexibility index (Phi) is 6.21. The molecule has 37 heavy (non-hydrogen) atoms. The molecule has 3 aromatic carbocycles. The van der Waals surface area contributed by atoms with Gasteiger partial charge in [-0.1, -0.05) is 34.1 Å². The monoisotopic (exact) mass is 559 g/mol. The van der Waals surface area contributed by atoms with Crippen molar-refractivity contribution in [2.75, 3.05) is 4.90 Å². The maximum atomic E-state index is 13.8. The number of rotatable bonds is 5. The van der Waals surface area contributed by atoms with E-state index < -0.39 is 29.5 Å². The number of ether oxygens (including phenoxy) is 1. The van der Waals surface area contributed by atoms with E-state index in [0.717, 1.165) is 15.6 Å². The summed E-state index contributed by atoms with van der Waals surface area (Å²) in [6.45, 7) is 5.09. The predicted molar refractivity (Wildman–Crippen MR) is 142 cm³/mol. The van der Waals surface area contributed by atoms with Crippen molar-refractivity contribution in [1.29, 1.82) is 0 Å². The van der Waals surface area contributed by atoms with Crippen LogP contribution in [0.4, 0.5) is 5.69 Å². The maximum absolute atomic E-state index is 13.8. The number of hydrogen-bond acceptors (Lipinski definition) is 6. The molecule has 0 fully saturated rings. The van der Waals surface area contributed by atoms with Gasteiger partial charge in [-0.25, -0.2) is 0 Å². The van der Waals surface area contributed by atoms with E-state index in [0.29, 0.717) is 22.2 Å². The standard InChI is InChI=1S/C29H22BrNO6/c1-15-9-16(2)11-21(10-15)31-26(18-5-4-6-22(13-18)36-17(3)32)25(28(34)29(31)35)27(33)24-14-19-12-20(30)7-8-23(19)37-24/h4-14,26,34H,1-3H3. The van der Waals surface area contributed by atoms with Crippen LogP contribution in [0.5, 0.6) is 5.75 Å². The van der Waals surface area contributed by atoms with E-state index in [1.165, 1.54) is 11.8 Å². The maximum Gasteiger partial charge on any atom is 0.308 e. The van der Waals surface area contributed by atoms with E-state index in [-0.39, 0.29) is 17.1 Å². The van der Waals surface area contributed by atoms with Crippen LogP contribution in [0, 0.1) is 13.8 Å². The first kappa shape index (κ1) is 24.5. The molecule has 1 aliphatic rings. The number of ketones is 1. The highest BCUT2D eigenvalue weighted by Gasteiger charge is 2.45. The molecule has 0 saturated heterocycles. The van der Waals surface area contributed by atoms with E-state index in [1.54, 1.807) is 42.5 Å². The number of benzene rings is 3. The molecule has 1 N–H and O–H groups in total. The summed E-state index contributed by atoms with van der Waals surface area (Å²) in [7, 11) is 0. The summed E-state index contributed by atoms with van der Waals surface area (Å²) in [6.07, 6.45) is 0. The molecule has 1 unspecified atom stereocenters. The molecule has 1 amide bonds. The van der Waals surface area contributed by atoms with Gasteiger partial charge in [0, 0.05) is 22.5 Å². The van der Waals surface area contributed by atoms with Crippen LogP contribution in [0.15, 0.2) is 87.0 Å². The largest absolute Gasteiger partial charge is 0.503 e. The highest BCUT2D eigenvalue weighted by molar-refractivity contribution is 9.10. The number of anilines is 1. The van der Waals surface area contributed by atoms with Crippen LogP contribution in [0.1, 0.15) is 40.2 Å². The Labute approximate surface area is 221 Å². The van der Waals surface area contributed by atoms with Crippen LogP contribution in [-0.4, -0.2) is 22.8 Å². The molecule has 0 spiro atoms. The van der Waals surface area contributed by atoms with Crippen LogP contribution in [-0.2, 0) is 9.59 Å². The number of hydrogen-bond donors (Lipinski definition) is 1. The Morgan fingerprint density at radius 1 is 1.00 bits per heavy atom. The Morgan fingerprint density at radius 2 is 1.73 bits per heavy atom. The fourth-order valence-electron chi connectivity index (χ4n) is 4.68. The summed E-state index contributed by atoms with van der Waals surface area (Å²) in [5.41, 5.74) is 3.21. The smallest absolute Gasteiger partial charge is 0.308 e. The lowest BCUT2D eigenvalue weighted by Gasteiger charge is -2.27. The molecule has 7 nitrogen and oxygen atoms in total.